The summed E-state index contributed by atoms with van der Waals surface area (Å²) in [6.07, 6.45) is -3.33. The van der Waals surface area contributed by atoms with Gasteiger partial charge in [0, 0.05) is 12.6 Å². The van der Waals surface area contributed by atoms with Crippen molar-refractivity contribution in [2.75, 3.05) is 25.1 Å². The van der Waals surface area contributed by atoms with E-state index in [4.69, 9.17) is 9.47 Å². The second kappa shape index (κ2) is 6.62. The third kappa shape index (κ3) is 4.13. The van der Waals surface area contributed by atoms with E-state index in [1.807, 2.05) is 6.92 Å². The number of hydrogen-bond donors (Lipinski definition) is 1. The second-order valence-corrected chi connectivity index (χ2v) is 6.59. The number of aromatic nitrogens is 1. The first-order valence-electron chi connectivity index (χ1n) is 7.35. The van der Waals surface area contributed by atoms with Crippen LogP contribution in [0.4, 0.5) is 18.3 Å². The van der Waals surface area contributed by atoms with Gasteiger partial charge < -0.3 is 14.8 Å². The summed E-state index contributed by atoms with van der Waals surface area (Å²) in [5.41, 5.74) is -0.330. The highest BCUT2D eigenvalue weighted by molar-refractivity contribution is 7.22. The lowest BCUT2D eigenvalue weighted by Gasteiger charge is -2.16. The molecule has 0 unspecified atom stereocenters. The van der Waals surface area contributed by atoms with Crippen LogP contribution in [0.25, 0.3) is 10.2 Å². The molecular weight excluding hydrogens is 329 g/mol. The molecule has 1 aromatic carbocycles. The van der Waals surface area contributed by atoms with Crippen molar-refractivity contribution in [1.29, 1.82) is 0 Å². The number of nitrogens with one attached hydrogen (secondary N) is 1. The van der Waals surface area contributed by atoms with E-state index in [2.05, 4.69) is 10.3 Å². The fraction of sp³-hybridized carbons (Fsp3) is 0.533. The second-order valence-electron chi connectivity index (χ2n) is 5.56. The average Bonchev–Trinajstić information content (AvgIpc) is 3.12. The molecule has 1 N–H and O–H groups in total. The van der Waals surface area contributed by atoms with Crippen molar-refractivity contribution >= 4 is 26.7 Å². The maximum Gasteiger partial charge on any atom is 0.416 e. The molecule has 3 rings (SSSR count). The van der Waals surface area contributed by atoms with Gasteiger partial charge in [-0.25, -0.2) is 4.98 Å². The number of alkyl halides is 3. The highest BCUT2D eigenvalue weighted by atomic mass is 32.1. The molecule has 4 nitrogen and oxygen atoms in total. The maximum absolute atomic E-state index is 12.7. The minimum atomic E-state index is -4.35. The van der Waals surface area contributed by atoms with Crippen molar-refractivity contribution in [3.63, 3.8) is 0 Å². The number of fused-ring (bicyclic) bond motifs is 1. The van der Waals surface area contributed by atoms with Crippen molar-refractivity contribution in [2.45, 2.75) is 31.7 Å². The first-order valence-corrected chi connectivity index (χ1v) is 8.17. The van der Waals surface area contributed by atoms with Gasteiger partial charge in [-0.2, -0.15) is 13.2 Å². The molecule has 0 bridgehead atoms. The van der Waals surface area contributed by atoms with E-state index in [-0.39, 0.29) is 12.1 Å². The minimum absolute atomic E-state index is 0.0123. The lowest BCUT2D eigenvalue weighted by Crippen LogP contribution is -2.25. The van der Waals surface area contributed by atoms with Gasteiger partial charge in [-0.05, 0) is 31.5 Å². The first-order chi connectivity index (χ1) is 10.9. The van der Waals surface area contributed by atoms with Crippen molar-refractivity contribution < 1.29 is 22.6 Å². The van der Waals surface area contributed by atoms with Gasteiger partial charge in [0.05, 0.1) is 35.1 Å². The Morgan fingerprint density at radius 3 is 3.00 bits per heavy atom. The molecule has 0 amide bonds. The third-order valence-electron chi connectivity index (χ3n) is 3.55. The zero-order valence-corrected chi connectivity index (χ0v) is 13.3. The number of benzene rings is 1. The Morgan fingerprint density at radius 2 is 2.30 bits per heavy atom. The lowest BCUT2D eigenvalue weighted by molar-refractivity contribution is -0.137. The maximum atomic E-state index is 12.7. The summed E-state index contributed by atoms with van der Waals surface area (Å²) in [6.45, 7) is 3.79. The molecule has 23 heavy (non-hydrogen) atoms. The summed E-state index contributed by atoms with van der Waals surface area (Å²) in [4.78, 5) is 4.23. The standard InChI is InChI=1S/C15H17F3N2O2S/c1-9(7-22-11-4-5-21-8-11)19-14-20-12-6-10(15(16,17)18)2-3-13(12)23-14/h2-3,6,9,11H,4-5,7-8H2,1H3,(H,19,20)/t9-,11+/m1/s1. The fourth-order valence-corrected chi connectivity index (χ4v) is 3.30. The molecule has 1 aliphatic rings. The Labute approximate surface area is 135 Å². The van der Waals surface area contributed by atoms with Gasteiger partial charge in [0.25, 0.3) is 0 Å². The Balaban J connectivity index is 1.63. The van der Waals surface area contributed by atoms with Gasteiger partial charge in [0.2, 0.25) is 0 Å². The number of anilines is 1. The summed E-state index contributed by atoms with van der Waals surface area (Å²) >= 11 is 1.33. The molecule has 2 atom stereocenters. The number of ether oxygens (including phenoxy) is 2. The summed E-state index contributed by atoms with van der Waals surface area (Å²) in [7, 11) is 0. The normalized spacial score (nSPS) is 20.1. The highest BCUT2D eigenvalue weighted by Gasteiger charge is 2.30. The van der Waals surface area contributed by atoms with Gasteiger partial charge in [-0.15, -0.1) is 0 Å². The summed E-state index contributed by atoms with van der Waals surface area (Å²) in [6, 6.07) is 3.63. The van der Waals surface area contributed by atoms with Crippen LogP contribution in [0.3, 0.4) is 0 Å². The van der Waals surface area contributed by atoms with Crippen molar-refractivity contribution in [3.05, 3.63) is 23.8 Å². The van der Waals surface area contributed by atoms with Gasteiger partial charge in [0.1, 0.15) is 0 Å². The lowest BCUT2D eigenvalue weighted by atomic mass is 10.2. The molecule has 2 aromatic rings. The van der Waals surface area contributed by atoms with E-state index >= 15 is 0 Å². The molecule has 1 aromatic heterocycles. The molecule has 0 spiro atoms. The molecule has 1 fully saturated rings. The average molecular weight is 346 g/mol. The summed E-state index contributed by atoms with van der Waals surface area (Å²) in [5, 5.41) is 3.77. The van der Waals surface area contributed by atoms with E-state index in [1.54, 1.807) is 0 Å². The van der Waals surface area contributed by atoms with Crippen LogP contribution < -0.4 is 5.32 Å². The molecule has 1 aliphatic heterocycles. The zero-order valence-electron chi connectivity index (χ0n) is 12.5. The van der Waals surface area contributed by atoms with E-state index in [0.29, 0.717) is 23.9 Å². The Morgan fingerprint density at radius 1 is 1.48 bits per heavy atom. The van der Waals surface area contributed by atoms with Crippen LogP contribution in [-0.4, -0.2) is 37.0 Å². The van der Waals surface area contributed by atoms with Crippen LogP contribution in [0.5, 0.6) is 0 Å². The quantitative estimate of drug-likeness (QED) is 0.891. The number of nitrogens with zero attached hydrogens (tertiary/aromatic N) is 1. The number of thiazole rings is 1. The van der Waals surface area contributed by atoms with Gasteiger partial charge in [0.15, 0.2) is 5.13 Å². The van der Waals surface area contributed by atoms with Gasteiger partial charge in [-0.1, -0.05) is 11.3 Å². The van der Waals surface area contributed by atoms with Crippen molar-refractivity contribution in [3.8, 4) is 0 Å². The monoisotopic (exact) mass is 346 g/mol. The highest BCUT2D eigenvalue weighted by Crippen LogP contribution is 2.34. The number of halogens is 3. The van der Waals surface area contributed by atoms with Crippen molar-refractivity contribution in [2.24, 2.45) is 0 Å². The Bertz CT molecular complexity index is 668. The molecule has 8 heteroatoms. The molecular formula is C15H17F3N2O2S. The molecule has 1 saturated heterocycles. The zero-order chi connectivity index (χ0) is 16.4. The minimum Gasteiger partial charge on any atom is -0.379 e. The van der Waals surface area contributed by atoms with Gasteiger partial charge >= 0.3 is 6.18 Å². The number of hydrogen-bond acceptors (Lipinski definition) is 5. The van der Waals surface area contributed by atoms with E-state index in [0.717, 1.165) is 29.9 Å². The topological polar surface area (TPSA) is 43.4 Å². The van der Waals surface area contributed by atoms with Crippen LogP contribution in [-0.2, 0) is 15.7 Å². The summed E-state index contributed by atoms with van der Waals surface area (Å²) < 4.78 is 49.8. The third-order valence-corrected chi connectivity index (χ3v) is 4.52. The van der Waals surface area contributed by atoms with Crippen LogP contribution in [0.2, 0.25) is 0 Å². The Kier molecular flexibility index (Phi) is 4.74. The van der Waals surface area contributed by atoms with Crippen LogP contribution in [0, 0.1) is 0 Å². The molecule has 2 heterocycles. The fourth-order valence-electron chi connectivity index (χ4n) is 2.34. The van der Waals surface area contributed by atoms with Crippen LogP contribution in [0.1, 0.15) is 18.9 Å². The van der Waals surface area contributed by atoms with Gasteiger partial charge in [-0.3, -0.25) is 0 Å². The van der Waals surface area contributed by atoms with Crippen LogP contribution >= 0.6 is 11.3 Å². The summed E-state index contributed by atoms with van der Waals surface area (Å²) in [5.74, 6) is 0. The predicted octanol–water partition coefficient (Wildman–Crippen LogP) is 3.92. The van der Waals surface area contributed by atoms with Crippen molar-refractivity contribution in [1.82, 2.24) is 4.98 Å². The van der Waals surface area contributed by atoms with Crippen LogP contribution in [0.15, 0.2) is 18.2 Å². The Hall–Kier alpha value is -1.38. The largest absolute Gasteiger partial charge is 0.416 e. The van der Waals surface area contributed by atoms with E-state index < -0.39 is 11.7 Å². The molecule has 0 radical (unpaired) electrons. The first kappa shape index (κ1) is 16.5. The SMILES string of the molecule is C[C@H](CO[C@H]1CCOC1)Nc1nc2cc(C(F)(F)F)ccc2s1. The predicted molar refractivity (Wildman–Crippen MR) is 82.9 cm³/mol. The van der Waals surface area contributed by atoms with E-state index in [9.17, 15) is 13.2 Å². The van der Waals surface area contributed by atoms with E-state index in [1.165, 1.54) is 17.4 Å². The molecule has 126 valence electrons. The number of rotatable bonds is 5. The molecule has 0 saturated carbocycles. The smallest absolute Gasteiger partial charge is 0.379 e. The molecule has 0 aliphatic carbocycles.